The number of rotatable bonds is 6. The van der Waals surface area contributed by atoms with E-state index in [0.29, 0.717) is 35.7 Å². The van der Waals surface area contributed by atoms with Crippen molar-refractivity contribution >= 4 is 19.9 Å². The van der Waals surface area contributed by atoms with Gasteiger partial charge in [-0.2, -0.15) is 20.2 Å². The van der Waals surface area contributed by atoms with E-state index in [1.165, 1.54) is 0 Å². The van der Waals surface area contributed by atoms with Gasteiger partial charge in [-0.1, -0.05) is 26.8 Å². The highest BCUT2D eigenvalue weighted by molar-refractivity contribution is 6.04. The van der Waals surface area contributed by atoms with Gasteiger partial charge in [0.1, 0.15) is 5.82 Å². The first-order valence-corrected chi connectivity index (χ1v) is 10.5. The van der Waals surface area contributed by atoms with Crippen molar-refractivity contribution in [2.24, 2.45) is 5.41 Å². The van der Waals surface area contributed by atoms with Crippen LogP contribution in [-0.4, -0.2) is 60.5 Å². The first-order chi connectivity index (χ1) is 14.1. The lowest BCUT2D eigenvalue weighted by atomic mass is 9.96. The molecule has 0 radical (unpaired) electrons. The van der Waals surface area contributed by atoms with Gasteiger partial charge in [-0.05, 0) is 48.6 Å². The fourth-order valence-electron chi connectivity index (χ4n) is 3.84. The SMILES string of the molecule is BN1CC[C@@H](Nc2nc(Cc3cc(C#N)ccc3C)nc(N(C)CC(C)(C)C)n2)C1. The minimum absolute atomic E-state index is 0.126. The summed E-state index contributed by atoms with van der Waals surface area (Å²) in [6.07, 6.45) is 1.65. The Morgan fingerprint density at radius 1 is 1.30 bits per heavy atom. The molecule has 1 N–H and O–H groups in total. The van der Waals surface area contributed by atoms with Gasteiger partial charge < -0.3 is 15.0 Å². The number of nitrogens with zero attached hydrogens (tertiary/aromatic N) is 6. The molecular weight excluding hydrogens is 373 g/mol. The van der Waals surface area contributed by atoms with Crippen LogP contribution in [0.5, 0.6) is 0 Å². The highest BCUT2D eigenvalue weighted by atomic mass is 15.3. The topological polar surface area (TPSA) is 81.0 Å². The van der Waals surface area contributed by atoms with E-state index < -0.39 is 0 Å². The number of anilines is 2. The molecule has 0 amide bonds. The Morgan fingerprint density at radius 3 is 2.70 bits per heavy atom. The predicted molar refractivity (Wildman–Crippen MR) is 123 cm³/mol. The third-order valence-electron chi connectivity index (χ3n) is 5.27. The molecule has 8 heteroatoms. The molecule has 1 aromatic carbocycles. The molecule has 3 rings (SSSR count). The van der Waals surface area contributed by atoms with Crippen LogP contribution in [-0.2, 0) is 6.42 Å². The molecule has 158 valence electrons. The molecule has 0 spiro atoms. The van der Waals surface area contributed by atoms with Crippen LogP contribution < -0.4 is 10.2 Å². The number of nitriles is 1. The van der Waals surface area contributed by atoms with Crippen molar-refractivity contribution in [3.8, 4) is 6.07 Å². The lowest BCUT2D eigenvalue weighted by molar-refractivity contribution is 0.416. The summed E-state index contributed by atoms with van der Waals surface area (Å²) in [6.45, 7) is 11.6. The van der Waals surface area contributed by atoms with E-state index >= 15 is 0 Å². The summed E-state index contributed by atoms with van der Waals surface area (Å²) in [5.74, 6) is 2.02. The molecule has 1 aliphatic rings. The van der Waals surface area contributed by atoms with Crippen molar-refractivity contribution in [2.45, 2.75) is 46.6 Å². The second kappa shape index (κ2) is 9.01. The van der Waals surface area contributed by atoms with Gasteiger partial charge in [0, 0.05) is 32.6 Å². The maximum Gasteiger partial charge on any atom is 0.230 e. The van der Waals surface area contributed by atoms with E-state index in [9.17, 15) is 5.26 Å². The van der Waals surface area contributed by atoms with Crippen molar-refractivity contribution in [3.63, 3.8) is 0 Å². The average Bonchev–Trinajstić information content (AvgIpc) is 3.06. The Hall–Kier alpha value is -2.66. The second-order valence-electron chi connectivity index (χ2n) is 9.61. The molecule has 0 bridgehead atoms. The van der Waals surface area contributed by atoms with Crippen molar-refractivity contribution < 1.29 is 0 Å². The van der Waals surface area contributed by atoms with Crippen molar-refractivity contribution in [1.29, 1.82) is 5.26 Å². The normalized spacial score (nSPS) is 17.0. The molecule has 2 aromatic rings. The Balaban J connectivity index is 1.91. The van der Waals surface area contributed by atoms with Gasteiger partial charge in [-0.3, -0.25) is 0 Å². The Labute approximate surface area is 181 Å². The number of aryl methyl sites for hydroxylation is 1. The van der Waals surface area contributed by atoms with Crippen molar-refractivity contribution in [3.05, 3.63) is 40.7 Å². The smallest absolute Gasteiger partial charge is 0.230 e. The zero-order chi connectivity index (χ0) is 21.9. The molecule has 0 unspecified atom stereocenters. The van der Waals surface area contributed by atoms with Gasteiger partial charge in [0.2, 0.25) is 11.9 Å². The lowest BCUT2D eigenvalue weighted by Gasteiger charge is -2.27. The minimum atomic E-state index is 0.126. The molecule has 2 heterocycles. The highest BCUT2D eigenvalue weighted by Gasteiger charge is 2.22. The molecule has 1 aromatic heterocycles. The number of hydrogen-bond acceptors (Lipinski definition) is 7. The maximum absolute atomic E-state index is 9.26. The van der Waals surface area contributed by atoms with Gasteiger partial charge in [-0.15, -0.1) is 0 Å². The number of benzene rings is 1. The summed E-state index contributed by atoms with van der Waals surface area (Å²) >= 11 is 0. The van der Waals surface area contributed by atoms with Gasteiger partial charge in [0.05, 0.1) is 11.6 Å². The van der Waals surface area contributed by atoms with E-state index in [0.717, 1.165) is 37.2 Å². The summed E-state index contributed by atoms with van der Waals surface area (Å²) in [7, 11) is 4.16. The Morgan fingerprint density at radius 2 is 2.07 bits per heavy atom. The van der Waals surface area contributed by atoms with Crippen molar-refractivity contribution in [2.75, 3.05) is 36.9 Å². The molecule has 30 heavy (non-hydrogen) atoms. The summed E-state index contributed by atoms with van der Waals surface area (Å²) in [6, 6.07) is 8.32. The van der Waals surface area contributed by atoms with Crippen LogP contribution in [0, 0.1) is 23.7 Å². The number of aromatic nitrogens is 3. The van der Waals surface area contributed by atoms with Crippen LogP contribution in [0.4, 0.5) is 11.9 Å². The molecule has 1 fully saturated rings. The third kappa shape index (κ3) is 5.93. The lowest BCUT2D eigenvalue weighted by Crippen LogP contribution is -2.31. The van der Waals surface area contributed by atoms with Crippen LogP contribution >= 0.6 is 0 Å². The second-order valence-corrected chi connectivity index (χ2v) is 9.61. The van der Waals surface area contributed by atoms with Gasteiger partial charge in [0.15, 0.2) is 7.98 Å². The van der Waals surface area contributed by atoms with Crippen LogP contribution in [0.2, 0.25) is 0 Å². The minimum Gasteiger partial charge on any atom is -0.350 e. The standard InChI is InChI=1S/C22H32BN7/c1-15-6-7-16(12-24)10-17(15)11-19-26-20(25-18-8-9-30(23)13-18)28-21(27-19)29(5)14-22(2,3)4/h6-7,10,18H,8-9,11,13-14,23H2,1-5H3,(H,25,26,27,28)/t18-/m1/s1. The maximum atomic E-state index is 9.26. The number of hydrogen-bond donors (Lipinski definition) is 1. The first-order valence-electron chi connectivity index (χ1n) is 10.5. The highest BCUT2D eigenvalue weighted by Crippen LogP contribution is 2.21. The molecule has 1 aliphatic heterocycles. The summed E-state index contributed by atoms with van der Waals surface area (Å²) in [5, 5.41) is 12.8. The van der Waals surface area contributed by atoms with E-state index in [-0.39, 0.29) is 5.41 Å². The van der Waals surface area contributed by atoms with Crippen LogP contribution in [0.1, 0.15) is 49.7 Å². The average molecular weight is 405 g/mol. The molecule has 0 aliphatic carbocycles. The zero-order valence-electron chi connectivity index (χ0n) is 19.0. The summed E-state index contributed by atoms with van der Waals surface area (Å²) in [5.41, 5.74) is 2.98. The monoisotopic (exact) mass is 405 g/mol. The molecule has 1 saturated heterocycles. The molecule has 7 nitrogen and oxygen atoms in total. The van der Waals surface area contributed by atoms with E-state index in [1.807, 2.05) is 25.2 Å². The first kappa shape index (κ1) is 22.0. The zero-order valence-corrected chi connectivity index (χ0v) is 19.0. The van der Waals surface area contributed by atoms with Gasteiger partial charge in [0.25, 0.3) is 0 Å². The van der Waals surface area contributed by atoms with E-state index in [4.69, 9.17) is 15.0 Å². The summed E-state index contributed by atoms with van der Waals surface area (Å²) < 4.78 is 0. The molecule has 1 atom stereocenters. The molecular formula is C22H32BN7. The van der Waals surface area contributed by atoms with Crippen LogP contribution in [0.3, 0.4) is 0 Å². The largest absolute Gasteiger partial charge is 0.350 e. The van der Waals surface area contributed by atoms with Gasteiger partial charge in [-0.25, -0.2) is 0 Å². The molecule has 0 saturated carbocycles. The van der Waals surface area contributed by atoms with E-state index in [1.54, 1.807) is 0 Å². The number of nitrogens with one attached hydrogen (secondary N) is 1. The fourth-order valence-corrected chi connectivity index (χ4v) is 3.84. The van der Waals surface area contributed by atoms with Crippen molar-refractivity contribution in [1.82, 2.24) is 19.8 Å². The fraction of sp³-hybridized carbons (Fsp3) is 0.545. The van der Waals surface area contributed by atoms with Gasteiger partial charge >= 0.3 is 0 Å². The van der Waals surface area contributed by atoms with Crippen LogP contribution in [0.25, 0.3) is 0 Å². The Bertz CT molecular complexity index is 932. The predicted octanol–water partition coefficient (Wildman–Crippen LogP) is 2.16. The quantitative estimate of drug-likeness (QED) is 0.738. The van der Waals surface area contributed by atoms with Crippen LogP contribution in [0.15, 0.2) is 18.2 Å². The van der Waals surface area contributed by atoms with E-state index in [2.05, 4.69) is 56.8 Å². The Kier molecular flexibility index (Phi) is 6.62. The third-order valence-corrected chi connectivity index (χ3v) is 5.27. The summed E-state index contributed by atoms with van der Waals surface area (Å²) in [4.78, 5) is 18.6.